The number of H-pyrrole nitrogens is 2. The van der Waals surface area contributed by atoms with Crippen molar-refractivity contribution in [1.29, 1.82) is 0 Å². The summed E-state index contributed by atoms with van der Waals surface area (Å²) in [4.78, 5) is 29.0. The van der Waals surface area contributed by atoms with Crippen molar-refractivity contribution in [1.82, 2.24) is 9.97 Å². The molecule has 0 aliphatic carbocycles. The number of benzene rings is 2. The fourth-order valence-corrected chi connectivity index (χ4v) is 4.23. The van der Waals surface area contributed by atoms with Gasteiger partial charge in [-0.05, 0) is 30.3 Å². The van der Waals surface area contributed by atoms with Crippen LogP contribution in [0, 0.1) is 0 Å². The van der Waals surface area contributed by atoms with E-state index in [2.05, 4.69) is 14.7 Å². The molecule has 2 aromatic heterocycles. The van der Waals surface area contributed by atoms with Crippen LogP contribution < -0.4 is 15.0 Å². The fraction of sp³-hybridized carbons (Fsp3) is 0.0526. The average Bonchev–Trinajstić information content (AvgIpc) is 3.15. The van der Waals surface area contributed by atoms with Gasteiger partial charge in [0.1, 0.15) is 11.3 Å². The van der Waals surface area contributed by atoms with E-state index in [0.717, 1.165) is 0 Å². The predicted octanol–water partition coefficient (Wildman–Crippen LogP) is 2.52. The molecule has 148 valence electrons. The smallest absolute Gasteiger partial charge is 0.337 e. The molecule has 0 aliphatic heterocycles. The number of pyridine rings is 1. The van der Waals surface area contributed by atoms with Gasteiger partial charge in [-0.1, -0.05) is 6.07 Å². The summed E-state index contributed by atoms with van der Waals surface area (Å²) in [5, 5.41) is 10.0. The van der Waals surface area contributed by atoms with Gasteiger partial charge in [0.25, 0.3) is 15.6 Å². The zero-order valence-corrected chi connectivity index (χ0v) is 15.8. The molecule has 4 aromatic rings. The summed E-state index contributed by atoms with van der Waals surface area (Å²) in [7, 11) is -2.48. The minimum Gasteiger partial charge on any atom is -0.497 e. The molecule has 4 N–H and O–H groups in total. The Morgan fingerprint density at radius 3 is 2.69 bits per heavy atom. The van der Waals surface area contributed by atoms with Crippen LogP contribution in [0.5, 0.6) is 5.75 Å². The number of anilines is 1. The Balaban J connectivity index is 1.86. The second-order valence-electron chi connectivity index (χ2n) is 6.26. The van der Waals surface area contributed by atoms with E-state index in [1.165, 1.54) is 43.6 Å². The van der Waals surface area contributed by atoms with Crippen LogP contribution in [0.2, 0.25) is 0 Å². The third-order valence-electron chi connectivity index (χ3n) is 4.48. The van der Waals surface area contributed by atoms with Crippen molar-refractivity contribution in [2.75, 3.05) is 11.8 Å². The zero-order valence-electron chi connectivity index (χ0n) is 15.0. The minimum atomic E-state index is -3.92. The Hall–Kier alpha value is -3.79. The molecule has 0 amide bonds. The van der Waals surface area contributed by atoms with E-state index in [0.29, 0.717) is 16.7 Å². The monoisotopic (exact) mass is 413 g/mol. The molecule has 4 rings (SSSR count). The maximum Gasteiger partial charge on any atom is 0.337 e. The molecule has 0 radical (unpaired) electrons. The van der Waals surface area contributed by atoms with Crippen molar-refractivity contribution in [3.8, 4) is 5.75 Å². The molecule has 2 aromatic carbocycles. The van der Waals surface area contributed by atoms with Gasteiger partial charge < -0.3 is 19.8 Å². The molecule has 0 spiro atoms. The van der Waals surface area contributed by atoms with Crippen molar-refractivity contribution < 1.29 is 23.1 Å². The van der Waals surface area contributed by atoms with Gasteiger partial charge >= 0.3 is 5.97 Å². The summed E-state index contributed by atoms with van der Waals surface area (Å²) >= 11 is 0. The average molecular weight is 413 g/mol. The third-order valence-corrected chi connectivity index (χ3v) is 5.86. The minimum absolute atomic E-state index is 0.0106. The van der Waals surface area contributed by atoms with Crippen LogP contribution in [0.15, 0.2) is 58.4 Å². The Morgan fingerprint density at radius 1 is 1.17 bits per heavy atom. The first-order chi connectivity index (χ1) is 13.8. The Labute approximate surface area is 164 Å². The molecule has 0 aliphatic rings. The molecule has 29 heavy (non-hydrogen) atoms. The Morgan fingerprint density at radius 2 is 1.97 bits per heavy atom. The number of carboxylic acids is 1. The summed E-state index contributed by atoms with van der Waals surface area (Å²) < 4.78 is 33.0. The van der Waals surface area contributed by atoms with Crippen LogP contribution >= 0.6 is 0 Å². The lowest BCUT2D eigenvalue weighted by Crippen LogP contribution is -2.13. The topological polar surface area (TPSA) is 141 Å². The molecule has 10 heteroatoms. The van der Waals surface area contributed by atoms with E-state index < -0.39 is 21.6 Å². The third kappa shape index (κ3) is 3.19. The molecule has 0 fully saturated rings. The lowest BCUT2D eigenvalue weighted by molar-refractivity contribution is 0.0699. The molecule has 0 atom stereocenters. The Kier molecular flexibility index (Phi) is 4.27. The number of hydrogen-bond donors (Lipinski definition) is 4. The van der Waals surface area contributed by atoms with Crippen molar-refractivity contribution in [2.45, 2.75) is 4.90 Å². The number of hydrogen-bond acceptors (Lipinski definition) is 5. The van der Waals surface area contributed by atoms with Gasteiger partial charge in [-0.15, -0.1) is 0 Å². The van der Waals surface area contributed by atoms with Crippen LogP contribution in [0.4, 0.5) is 5.69 Å². The van der Waals surface area contributed by atoms with E-state index >= 15 is 0 Å². The predicted molar refractivity (Wildman–Crippen MR) is 107 cm³/mol. The largest absolute Gasteiger partial charge is 0.497 e. The number of aromatic amines is 2. The van der Waals surface area contributed by atoms with E-state index in [9.17, 15) is 23.1 Å². The van der Waals surface area contributed by atoms with Gasteiger partial charge in [0, 0.05) is 34.2 Å². The number of rotatable bonds is 5. The van der Waals surface area contributed by atoms with Crippen LogP contribution in [0.3, 0.4) is 0 Å². The number of methoxy groups -OCH3 is 1. The summed E-state index contributed by atoms with van der Waals surface area (Å²) in [6.07, 6.45) is 1.23. The number of aromatic carboxylic acids is 1. The van der Waals surface area contributed by atoms with E-state index in [-0.39, 0.29) is 27.0 Å². The van der Waals surface area contributed by atoms with Crippen LogP contribution in [-0.4, -0.2) is 36.6 Å². The molecular weight excluding hydrogens is 398 g/mol. The lowest BCUT2D eigenvalue weighted by atomic mass is 10.1. The van der Waals surface area contributed by atoms with Crippen molar-refractivity contribution in [3.63, 3.8) is 0 Å². The number of carboxylic acid groups (broad SMARTS) is 1. The number of carbonyl (C=O) groups is 1. The quantitative estimate of drug-likeness (QED) is 0.396. The number of sulfonamides is 1. The standard InChI is InChI=1S/C19H15N3O6S/c1-28-11-3-2-4-12(8-11)29(26,27)22-10-5-6-15-13(7-10)16-14(19(24)25)9-20-17(16)18(23)21-15/h2-9,20,22H,1H3,(H,21,23)(H,24,25). The van der Waals surface area contributed by atoms with Gasteiger partial charge in [0.2, 0.25) is 0 Å². The fourth-order valence-electron chi connectivity index (χ4n) is 3.14. The Bertz CT molecular complexity index is 1440. The highest BCUT2D eigenvalue weighted by atomic mass is 32.2. The zero-order chi connectivity index (χ0) is 20.8. The number of nitrogens with one attached hydrogen (secondary N) is 3. The van der Waals surface area contributed by atoms with E-state index in [1.807, 2.05) is 0 Å². The molecule has 2 heterocycles. The van der Waals surface area contributed by atoms with Crippen LogP contribution in [0.25, 0.3) is 21.8 Å². The van der Waals surface area contributed by atoms with Crippen LogP contribution in [-0.2, 0) is 10.0 Å². The molecule has 9 nitrogen and oxygen atoms in total. The highest BCUT2D eigenvalue weighted by Crippen LogP contribution is 2.28. The molecule has 0 saturated heterocycles. The van der Waals surface area contributed by atoms with Gasteiger partial charge in [0.15, 0.2) is 0 Å². The van der Waals surface area contributed by atoms with Crippen molar-refractivity contribution in [3.05, 3.63) is 64.6 Å². The highest BCUT2D eigenvalue weighted by Gasteiger charge is 2.19. The second kappa shape index (κ2) is 6.67. The maximum absolute atomic E-state index is 12.7. The summed E-state index contributed by atoms with van der Waals surface area (Å²) in [5.41, 5.74) is 0.149. The first-order valence-corrected chi connectivity index (χ1v) is 9.86. The molecule has 0 unspecified atom stereocenters. The summed E-state index contributed by atoms with van der Waals surface area (Å²) in [6.45, 7) is 0. The maximum atomic E-state index is 12.7. The summed E-state index contributed by atoms with van der Waals surface area (Å²) in [5.74, 6) is -0.811. The number of fused-ring (bicyclic) bond motifs is 3. The van der Waals surface area contributed by atoms with Crippen molar-refractivity contribution >= 4 is 43.5 Å². The van der Waals surface area contributed by atoms with E-state index in [1.54, 1.807) is 12.1 Å². The molecule has 0 saturated carbocycles. The van der Waals surface area contributed by atoms with Crippen LogP contribution in [0.1, 0.15) is 10.4 Å². The van der Waals surface area contributed by atoms with Gasteiger partial charge in [-0.25, -0.2) is 13.2 Å². The van der Waals surface area contributed by atoms with Crippen molar-refractivity contribution in [2.24, 2.45) is 0 Å². The van der Waals surface area contributed by atoms with Gasteiger partial charge in [-0.2, -0.15) is 0 Å². The normalized spacial score (nSPS) is 11.6. The number of aromatic nitrogens is 2. The first-order valence-electron chi connectivity index (χ1n) is 8.37. The lowest BCUT2D eigenvalue weighted by Gasteiger charge is -2.10. The highest BCUT2D eigenvalue weighted by molar-refractivity contribution is 7.92. The van der Waals surface area contributed by atoms with Gasteiger partial charge in [0.05, 0.1) is 17.6 Å². The van der Waals surface area contributed by atoms with Gasteiger partial charge in [-0.3, -0.25) is 9.52 Å². The summed E-state index contributed by atoms with van der Waals surface area (Å²) in [6, 6.07) is 10.5. The molecular formula is C19H15N3O6S. The van der Waals surface area contributed by atoms with E-state index in [4.69, 9.17) is 4.74 Å². The first kappa shape index (κ1) is 18.6. The second-order valence-corrected chi connectivity index (χ2v) is 7.94. The number of ether oxygens (including phenoxy) is 1. The SMILES string of the molecule is COc1cccc(S(=O)(=O)Nc2ccc3[nH]c(=O)c4[nH]cc(C(=O)O)c4c3c2)c1. The molecule has 0 bridgehead atoms.